The molecule has 15 nitrogen and oxygen atoms in total. The van der Waals surface area contributed by atoms with E-state index in [0.717, 1.165) is 16.5 Å². The smallest absolute Gasteiger partial charge is 0.413 e. The van der Waals surface area contributed by atoms with E-state index in [0.29, 0.717) is 35.0 Å². The molecule has 0 spiro atoms. The molecule has 0 atom stereocenters. The first-order chi connectivity index (χ1) is 25.5. The number of ether oxygens (including phenoxy) is 2. The minimum atomic E-state index is -1.01. The first-order valence-electron chi connectivity index (χ1n) is 15.7. The van der Waals surface area contributed by atoms with Crippen molar-refractivity contribution in [3.05, 3.63) is 106 Å². The van der Waals surface area contributed by atoms with Crippen LogP contribution in [0, 0.1) is 20.8 Å². The highest BCUT2D eigenvalue weighted by molar-refractivity contribution is 9.11. The summed E-state index contributed by atoms with van der Waals surface area (Å²) in [6, 6.07) is 13.9. The number of hydrogen-bond acceptors (Lipinski definition) is 12. The Balaban J connectivity index is 0.000000373. The monoisotopic (exact) mass is 1020 g/mol. The third kappa shape index (κ3) is 17.4. The third-order valence-corrected chi connectivity index (χ3v) is 8.67. The van der Waals surface area contributed by atoms with Crippen molar-refractivity contribution in [3.63, 3.8) is 0 Å². The standard InChI is InChI=1S/C12H15BrN2O3.C9H11BrN2O2.C8H8BrNO2.C7H6BrNO2/c1-7(16)10-8(13)5-6-9(14-10)15-11(17)18-12(2,3)4;1-6-4-5-7(10)8(11-6)9(13)12(2)14-3;1-5-3-4-6(9)7(10-5)8(11)12-2;1-4-2-3-5(8)6(9-4)7(10)11/h5-6H,1-4H3,(H,14,15,17);4-5H,1-3H3;3-4H,1-2H3;2-3H,1H3,(H,10,11). The van der Waals surface area contributed by atoms with Crippen molar-refractivity contribution in [2.45, 2.75) is 54.1 Å². The molecule has 4 aromatic heterocycles. The summed E-state index contributed by atoms with van der Waals surface area (Å²) in [4.78, 5) is 76.8. The van der Waals surface area contributed by atoms with E-state index in [1.165, 1.54) is 21.1 Å². The number of anilines is 1. The average molecular weight is 1020 g/mol. The fourth-order valence-corrected chi connectivity index (χ4v) is 5.22. The van der Waals surface area contributed by atoms with Crippen LogP contribution in [0.1, 0.15) is 86.7 Å². The Morgan fingerprint density at radius 1 is 0.673 bits per heavy atom. The van der Waals surface area contributed by atoms with E-state index in [9.17, 15) is 24.0 Å². The number of nitrogens with one attached hydrogen (secondary N) is 1. The number of halogens is 4. The number of nitrogens with zero attached hydrogens (tertiary/aromatic N) is 5. The van der Waals surface area contributed by atoms with Crippen LogP contribution in [0.15, 0.2) is 66.4 Å². The molecule has 0 saturated heterocycles. The van der Waals surface area contributed by atoms with Crippen molar-refractivity contribution in [1.29, 1.82) is 0 Å². The normalized spacial score (nSPS) is 10.1. The number of amides is 2. The van der Waals surface area contributed by atoms with E-state index in [4.69, 9.17) is 14.7 Å². The van der Waals surface area contributed by atoms with E-state index in [-0.39, 0.29) is 28.9 Å². The van der Waals surface area contributed by atoms with Gasteiger partial charge in [-0.25, -0.2) is 39.4 Å². The number of ketones is 1. The molecule has 296 valence electrons. The zero-order chi connectivity index (χ0) is 42.2. The van der Waals surface area contributed by atoms with Gasteiger partial charge in [0.05, 0.1) is 23.2 Å². The quantitative estimate of drug-likeness (QED) is 0.105. The van der Waals surface area contributed by atoms with Gasteiger partial charge < -0.3 is 14.6 Å². The Morgan fingerprint density at radius 2 is 1.09 bits per heavy atom. The number of esters is 1. The van der Waals surface area contributed by atoms with Gasteiger partial charge in [0.15, 0.2) is 17.2 Å². The number of hydroxylamine groups is 2. The zero-order valence-electron chi connectivity index (χ0n) is 31.6. The SMILES string of the molecule is CC(=O)c1nc(NC(=O)OC(C)(C)C)ccc1Br.COC(=O)c1nc(C)ccc1Br.CON(C)C(=O)c1nc(C)ccc1Br.Cc1ccc(Br)c(C(=O)O)n1. The van der Waals surface area contributed by atoms with Crippen LogP contribution in [0.25, 0.3) is 0 Å². The van der Waals surface area contributed by atoms with Crippen LogP contribution >= 0.6 is 63.7 Å². The molecule has 4 heterocycles. The predicted octanol–water partition coefficient (Wildman–Crippen LogP) is 8.97. The molecule has 55 heavy (non-hydrogen) atoms. The summed E-state index contributed by atoms with van der Waals surface area (Å²) in [5.74, 6) is -1.62. The maximum atomic E-state index is 11.7. The maximum Gasteiger partial charge on any atom is 0.413 e. The largest absolute Gasteiger partial charge is 0.476 e. The van der Waals surface area contributed by atoms with E-state index < -0.39 is 23.6 Å². The van der Waals surface area contributed by atoms with Crippen LogP contribution in [0.5, 0.6) is 0 Å². The Labute approximate surface area is 352 Å². The van der Waals surface area contributed by atoms with Gasteiger partial charge in [-0.05, 0) is 154 Å². The maximum absolute atomic E-state index is 11.7. The zero-order valence-corrected chi connectivity index (χ0v) is 37.9. The number of aromatic nitrogens is 4. The molecular weight excluding hydrogens is 980 g/mol. The molecular formula is C36H40Br4N6O9. The lowest BCUT2D eigenvalue weighted by Gasteiger charge is -2.19. The highest BCUT2D eigenvalue weighted by Gasteiger charge is 2.18. The summed E-state index contributed by atoms with van der Waals surface area (Å²) in [6.07, 6.45) is -0.605. The number of Topliss-reactive ketones (excluding diaryl/α,β-unsaturated/α-hetero) is 1. The number of carboxylic acids is 1. The lowest BCUT2D eigenvalue weighted by Crippen LogP contribution is -2.27. The van der Waals surface area contributed by atoms with Gasteiger partial charge >= 0.3 is 18.0 Å². The van der Waals surface area contributed by atoms with Crippen molar-refractivity contribution < 1.29 is 43.4 Å². The summed E-state index contributed by atoms with van der Waals surface area (Å²) in [7, 11) is 4.30. The molecule has 0 aliphatic heterocycles. The highest BCUT2D eigenvalue weighted by Crippen LogP contribution is 2.20. The number of carbonyl (C=O) groups excluding carboxylic acids is 4. The average Bonchev–Trinajstić information content (AvgIpc) is 3.11. The van der Waals surface area contributed by atoms with E-state index in [1.807, 2.05) is 26.0 Å². The fraction of sp³-hybridized carbons (Fsp3) is 0.306. The number of aromatic carboxylic acids is 1. The lowest BCUT2D eigenvalue weighted by atomic mass is 10.2. The minimum absolute atomic E-state index is 0.0602. The number of carboxylic acid groups (broad SMARTS) is 1. The topological polar surface area (TPSA) is 200 Å². The molecule has 0 unspecified atom stereocenters. The van der Waals surface area contributed by atoms with Crippen molar-refractivity contribution >= 4 is 99.3 Å². The molecule has 2 N–H and O–H groups in total. The van der Waals surface area contributed by atoms with Gasteiger partial charge in [0.1, 0.15) is 22.8 Å². The second-order valence-electron chi connectivity index (χ2n) is 11.8. The van der Waals surface area contributed by atoms with Crippen LogP contribution in [0.2, 0.25) is 0 Å². The summed E-state index contributed by atoms with van der Waals surface area (Å²) < 4.78 is 12.0. The van der Waals surface area contributed by atoms with E-state index >= 15 is 0 Å². The van der Waals surface area contributed by atoms with Crippen LogP contribution < -0.4 is 5.32 Å². The lowest BCUT2D eigenvalue weighted by molar-refractivity contribution is -0.0761. The van der Waals surface area contributed by atoms with Crippen LogP contribution in [-0.4, -0.2) is 86.7 Å². The minimum Gasteiger partial charge on any atom is -0.476 e. The van der Waals surface area contributed by atoms with Crippen molar-refractivity contribution in [2.75, 3.05) is 26.6 Å². The molecule has 2 amide bonds. The molecule has 0 aromatic carbocycles. The summed E-state index contributed by atoms with van der Waals surface area (Å²) in [6.45, 7) is 12.1. The Bertz CT molecular complexity index is 2010. The predicted molar refractivity (Wildman–Crippen MR) is 219 cm³/mol. The highest BCUT2D eigenvalue weighted by atomic mass is 79.9. The molecule has 0 aliphatic carbocycles. The molecule has 0 saturated carbocycles. The number of carbonyl (C=O) groups is 5. The van der Waals surface area contributed by atoms with Gasteiger partial charge in [0.25, 0.3) is 5.91 Å². The number of rotatable bonds is 6. The van der Waals surface area contributed by atoms with Gasteiger partial charge in [-0.1, -0.05) is 0 Å². The summed E-state index contributed by atoms with van der Waals surface area (Å²) in [5, 5.41) is 12.2. The molecule has 4 rings (SSSR count). The number of methoxy groups -OCH3 is 1. The van der Waals surface area contributed by atoms with E-state index in [2.05, 4.69) is 93.7 Å². The van der Waals surface area contributed by atoms with Crippen molar-refractivity contribution in [2.24, 2.45) is 0 Å². The number of pyridine rings is 4. The number of hydrogen-bond donors (Lipinski definition) is 2. The Kier molecular flexibility index (Phi) is 20.5. The number of aryl methyl sites for hydroxylation is 3. The van der Waals surface area contributed by atoms with Gasteiger partial charge in [0.2, 0.25) is 0 Å². The Morgan fingerprint density at radius 3 is 1.51 bits per heavy atom. The molecule has 4 aromatic rings. The van der Waals surface area contributed by atoms with Gasteiger partial charge in [-0.3, -0.25) is 19.7 Å². The second kappa shape index (κ2) is 23.0. The molecule has 0 bridgehead atoms. The fourth-order valence-electron chi connectivity index (χ4n) is 3.56. The molecule has 19 heteroatoms. The van der Waals surface area contributed by atoms with Crippen molar-refractivity contribution in [1.82, 2.24) is 25.0 Å². The van der Waals surface area contributed by atoms with Crippen molar-refractivity contribution in [3.8, 4) is 0 Å². The second-order valence-corrected chi connectivity index (χ2v) is 15.3. The first kappa shape index (κ1) is 48.8. The van der Waals surface area contributed by atoms with Crippen LogP contribution in [0.4, 0.5) is 10.6 Å². The first-order valence-corrected chi connectivity index (χ1v) is 18.9. The van der Waals surface area contributed by atoms with Crippen LogP contribution in [-0.2, 0) is 14.3 Å². The van der Waals surface area contributed by atoms with Gasteiger partial charge in [-0.15, -0.1) is 0 Å². The summed E-state index contributed by atoms with van der Waals surface area (Å²) >= 11 is 12.8. The third-order valence-electron chi connectivity index (χ3n) is 6.11. The summed E-state index contributed by atoms with van der Waals surface area (Å²) in [5.41, 5.74) is 2.70. The molecule has 0 fully saturated rings. The Hall–Kier alpha value is -4.17. The molecule has 0 aliphatic rings. The van der Waals surface area contributed by atoms with Gasteiger partial charge in [0, 0.05) is 40.0 Å². The van der Waals surface area contributed by atoms with E-state index in [1.54, 1.807) is 71.1 Å². The molecule has 0 radical (unpaired) electrons. The van der Waals surface area contributed by atoms with Crippen LogP contribution in [0.3, 0.4) is 0 Å². The van der Waals surface area contributed by atoms with Gasteiger partial charge in [-0.2, -0.15) is 0 Å².